The molecular weight excluding hydrogens is 272 g/mol. The molecule has 0 spiro atoms. The van der Waals surface area contributed by atoms with Crippen LogP contribution in [0, 0.1) is 0 Å². The summed E-state index contributed by atoms with van der Waals surface area (Å²) in [6, 6.07) is 7.29. The maximum atomic E-state index is 11.8. The highest BCUT2D eigenvalue weighted by Gasteiger charge is 2.12. The fourth-order valence-corrected chi connectivity index (χ4v) is 2.11. The molecule has 1 amide bonds. The lowest BCUT2D eigenvalue weighted by molar-refractivity contribution is 0.0949. The van der Waals surface area contributed by atoms with Gasteiger partial charge in [-0.3, -0.25) is 9.89 Å². The Balaban J connectivity index is 1.54. The average Bonchev–Trinajstić information content (AvgIpc) is 2.94. The second-order valence-corrected chi connectivity index (χ2v) is 4.69. The van der Waals surface area contributed by atoms with Crippen molar-refractivity contribution < 1.29 is 14.3 Å². The highest BCUT2D eigenvalue weighted by Crippen LogP contribution is 2.30. The van der Waals surface area contributed by atoms with Gasteiger partial charge >= 0.3 is 0 Å². The fourth-order valence-electron chi connectivity index (χ4n) is 2.11. The number of hydrogen-bond donors (Lipinski definition) is 3. The molecule has 0 saturated heterocycles. The molecule has 0 atom stereocenters. The number of anilines is 1. The number of nitrogen functional groups attached to an aromatic ring is 1. The van der Waals surface area contributed by atoms with Crippen molar-refractivity contribution in [3.63, 3.8) is 0 Å². The van der Waals surface area contributed by atoms with Crippen LogP contribution in [0.25, 0.3) is 0 Å². The zero-order chi connectivity index (χ0) is 14.7. The van der Waals surface area contributed by atoms with Crippen LogP contribution in [0.1, 0.15) is 16.1 Å². The Kier molecular flexibility index (Phi) is 3.63. The number of ether oxygens (including phenoxy) is 2. The molecule has 0 fully saturated rings. The topological polar surface area (TPSA) is 102 Å². The lowest BCUT2D eigenvalue weighted by Crippen LogP contribution is -2.26. The van der Waals surface area contributed by atoms with Gasteiger partial charge in [0.1, 0.15) is 24.7 Å². The number of fused-ring (bicyclic) bond motifs is 1. The molecule has 1 aliphatic rings. The molecule has 0 saturated carbocycles. The Labute approximate surface area is 121 Å². The number of nitrogens with one attached hydrogen (secondary N) is 2. The third-order valence-corrected chi connectivity index (χ3v) is 3.15. The number of nitrogens with two attached hydrogens (primary N) is 1. The SMILES string of the molecule is Nc1cc(C(=O)NCCc2ccc3c(c2)OCCO3)[nH]n1. The largest absolute Gasteiger partial charge is 0.486 e. The van der Waals surface area contributed by atoms with Crippen LogP contribution in [0.4, 0.5) is 5.82 Å². The van der Waals surface area contributed by atoms with Gasteiger partial charge in [-0.25, -0.2) is 0 Å². The van der Waals surface area contributed by atoms with Gasteiger partial charge in [-0.15, -0.1) is 0 Å². The number of benzene rings is 1. The molecule has 0 unspecified atom stereocenters. The molecule has 1 aromatic carbocycles. The first kappa shape index (κ1) is 13.3. The summed E-state index contributed by atoms with van der Waals surface area (Å²) in [6.07, 6.45) is 0.700. The van der Waals surface area contributed by atoms with Crippen LogP contribution >= 0.6 is 0 Å². The minimum Gasteiger partial charge on any atom is -0.486 e. The number of carbonyl (C=O) groups excluding carboxylic acids is 1. The molecule has 21 heavy (non-hydrogen) atoms. The van der Waals surface area contributed by atoms with Gasteiger partial charge in [-0.2, -0.15) is 5.10 Å². The number of carbonyl (C=O) groups is 1. The highest BCUT2D eigenvalue weighted by atomic mass is 16.6. The summed E-state index contributed by atoms with van der Waals surface area (Å²) in [7, 11) is 0. The molecule has 110 valence electrons. The van der Waals surface area contributed by atoms with E-state index in [0.717, 1.165) is 17.1 Å². The van der Waals surface area contributed by atoms with Gasteiger partial charge in [0, 0.05) is 12.6 Å². The summed E-state index contributed by atoms with van der Waals surface area (Å²) in [4.78, 5) is 11.8. The van der Waals surface area contributed by atoms with E-state index in [9.17, 15) is 4.79 Å². The zero-order valence-electron chi connectivity index (χ0n) is 11.4. The van der Waals surface area contributed by atoms with Crippen molar-refractivity contribution in [3.8, 4) is 11.5 Å². The number of aromatic amines is 1. The predicted molar refractivity (Wildman–Crippen MR) is 76.5 cm³/mol. The van der Waals surface area contributed by atoms with Crippen LogP contribution in [-0.2, 0) is 6.42 Å². The highest BCUT2D eigenvalue weighted by molar-refractivity contribution is 5.92. The molecule has 0 aliphatic carbocycles. The number of hydrogen-bond acceptors (Lipinski definition) is 5. The van der Waals surface area contributed by atoms with Crippen molar-refractivity contribution in [1.29, 1.82) is 0 Å². The summed E-state index contributed by atoms with van der Waals surface area (Å²) < 4.78 is 11.0. The average molecular weight is 288 g/mol. The second-order valence-electron chi connectivity index (χ2n) is 4.69. The molecule has 3 rings (SSSR count). The van der Waals surface area contributed by atoms with E-state index in [0.29, 0.717) is 37.7 Å². The molecule has 7 nitrogen and oxygen atoms in total. The third kappa shape index (κ3) is 3.07. The van der Waals surface area contributed by atoms with Crippen LogP contribution in [-0.4, -0.2) is 35.9 Å². The van der Waals surface area contributed by atoms with Gasteiger partial charge in [0.15, 0.2) is 11.5 Å². The van der Waals surface area contributed by atoms with E-state index >= 15 is 0 Å². The van der Waals surface area contributed by atoms with Gasteiger partial charge < -0.3 is 20.5 Å². The Morgan fingerprint density at radius 2 is 2.10 bits per heavy atom. The van der Waals surface area contributed by atoms with Crippen molar-refractivity contribution in [2.45, 2.75) is 6.42 Å². The van der Waals surface area contributed by atoms with Gasteiger partial charge in [-0.1, -0.05) is 6.07 Å². The van der Waals surface area contributed by atoms with Crippen LogP contribution in [0.2, 0.25) is 0 Å². The summed E-state index contributed by atoms with van der Waals surface area (Å²) >= 11 is 0. The molecule has 1 aliphatic heterocycles. The second kappa shape index (κ2) is 5.74. The summed E-state index contributed by atoms with van der Waals surface area (Å²) in [5.74, 6) is 1.59. The van der Waals surface area contributed by atoms with Crippen molar-refractivity contribution in [3.05, 3.63) is 35.5 Å². The van der Waals surface area contributed by atoms with Gasteiger partial charge in [0.25, 0.3) is 5.91 Å². The number of aromatic nitrogens is 2. The van der Waals surface area contributed by atoms with Crippen molar-refractivity contribution >= 4 is 11.7 Å². The smallest absolute Gasteiger partial charge is 0.269 e. The van der Waals surface area contributed by atoms with E-state index < -0.39 is 0 Å². The lowest BCUT2D eigenvalue weighted by atomic mass is 10.1. The van der Waals surface area contributed by atoms with E-state index in [4.69, 9.17) is 15.2 Å². The molecular formula is C14H16N4O3. The maximum absolute atomic E-state index is 11.8. The summed E-state index contributed by atoms with van der Waals surface area (Å²) in [6.45, 7) is 1.65. The monoisotopic (exact) mass is 288 g/mol. The van der Waals surface area contributed by atoms with Crippen molar-refractivity contribution in [2.75, 3.05) is 25.5 Å². The quantitative estimate of drug-likeness (QED) is 0.770. The minimum absolute atomic E-state index is 0.225. The van der Waals surface area contributed by atoms with Crippen molar-refractivity contribution in [1.82, 2.24) is 15.5 Å². The van der Waals surface area contributed by atoms with Crippen LogP contribution < -0.4 is 20.5 Å². The zero-order valence-corrected chi connectivity index (χ0v) is 11.4. The first-order valence-corrected chi connectivity index (χ1v) is 6.70. The number of amides is 1. The fraction of sp³-hybridized carbons (Fsp3) is 0.286. The lowest BCUT2D eigenvalue weighted by Gasteiger charge is -2.18. The normalized spacial score (nSPS) is 13.0. The van der Waals surface area contributed by atoms with E-state index in [2.05, 4.69) is 15.5 Å². The van der Waals surface area contributed by atoms with Crippen LogP contribution in [0.15, 0.2) is 24.3 Å². The van der Waals surface area contributed by atoms with E-state index in [1.54, 1.807) is 0 Å². The standard InChI is InChI=1S/C14H16N4O3/c15-13-8-10(17-18-13)14(19)16-4-3-9-1-2-11-12(7-9)21-6-5-20-11/h1-2,7-8H,3-6H2,(H,16,19)(H3,15,17,18). The van der Waals surface area contributed by atoms with Gasteiger partial charge in [-0.05, 0) is 24.1 Å². The third-order valence-electron chi connectivity index (χ3n) is 3.15. The summed E-state index contributed by atoms with van der Waals surface area (Å²) in [5, 5.41) is 9.09. The first-order valence-electron chi connectivity index (χ1n) is 6.70. The molecule has 2 aromatic rings. The molecule has 7 heteroatoms. The Morgan fingerprint density at radius 3 is 2.86 bits per heavy atom. The van der Waals surface area contributed by atoms with Gasteiger partial charge in [0.05, 0.1) is 0 Å². The summed E-state index contributed by atoms with van der Waals surface area (Å²) in [5.41, 5.74) is 6.88. The minimum atomic E-state index is -0.225. The predicted octanol–water partition coefficient (Wildman–Crippen LogP) is 0.736. The van der Waals surface area contributed by atoms with E-state index in [1.165, 1.54) is 6.07 Å². The van der Waals surface area contributed by atoms with E-state index in [1.807, 2.05) is 18.2 Å². The van der Waals surface area contributed by atoms with Crippen LogP contribution in [0.5, 0.6) is 11.5 Å². The Hall–Kier alpha value is -2.70. The van der Waals surface area contributed by atoms with Crippen molar-refractivity contribution in [2.24, 2.45) is 0 Å². The van der Waals surface area contributed by atoms with Gasteiger partial charge in [0.2, 0.25) is 0 Å². The number of rotatable bonds is 4. The molecule has 0 radical (unpaired) electrons. The molecule has 2 heterocycles. The first-order chi connectivity index (χ1) is 10.2. The molecule has 4 N–H and O–H groups in total. The molecule has 1 aromatic heterocycles. The van der Waals surface area contributed by atoms with E-state index in [-0.39, 0.29) is 5.91 Å². The Morgan fingerprint density at radius 1 is 1.29 bits per heavy atom. The Bertz CT molecular complexity index is 653. The number of nitrogens with zero attached hydrogens (tertiary/aromatic N) is 1. The maximum Gasteiger partial charge on any atom is 0.269 e. The van der Waals surface area contributed by atoms with Crippen LogP contribution in [0.3, 0.4) is 0 Å². The number of H-pyrrole nitrogens is 1. The molecule has 0 bridgehead atoms.